The zero-order valence-electron chi connectivity index (χ0n) is 12.3. The molecular formula is C16H17N3OS2. The number of aromatic nitrogens is 2. The summed E-state index contributed by atoms with van der Waals surface area (Å²) >= 11 is 3.04. The summed E-state index contributed by atoms with van der Waals surface area (Å²) in [6, 6.07) is 7.92. The third kappa shape index (κ3) is 3.34. The molecule has 22 heavy (non-hydrogen) atoms. The maximum atomic E-state index is 12.4. The van der Waals surface area contributed by atoms with E-state index in [1.54, 1.807) is 11.3 Å². The van der Waals surface area contributed by atoms with Crippen LogP contribution in [0.4, 0.5) is 5.13 Å². The van der Waals surface area contributed by atoms with Gasteiger partial charge in [-0.3, -0.25) is 10.1 Å². The van der Waals surface area contributed by atoms with Crippen LogP contribution in [0.25, 0.3) is 10.1 Å². The van der Waals surface area contributed by atoms with Crippen LogP contribution in [0, 0.1) is 0 Å². The molecule has 1 amide bonds. The van der Waals surface area contributed by atoms with Gasteiger partial charge < -0.3 is 0 Å². The third-order valence-corrected chi connectivity index (χ3v) is 5.27. The molecule has 2 heterocycles. The number of nitrogens with zero attached hydrogens (tertiary/aromatic N) is 2. The van der Waals surface area contributed by atoms with Crippen LogP contribution in [0.3, 0.4) is 0 Å². The zero-order valence-corrected chi connectivity index (χ0v) is 14.0. The summed E-state index contributed by atoms with van der Waals surface area (Å²) in [6.07, 6.45) is 4.44. The predicted molar refractivity (Wildman–Crippen MR) is 92.9 cm³/mol. The molecule has 0 saturated heterocycles. The largest absolute Gasteiger partial charge is 0.296 e. The number of amides is 1. The summed E-state index contributed by atoms with van der Waals surface area (Å²) in [6.45, 7) is 2.18. The lowest BCUT2D eigenvalue weighted by molar-refractivity contribution is 0.102. The van der Waals surface area contributed by atoms with Gasteiger partial charge in [-0.05, 0) is 12.5 Å². The molecule has 4 nitrogen and oxygen atoms in total. The molecule has 0 atom stereocenters. The minimum atomic E-state index is -0.117. The monoisotopic (exact) mass is 331 g/mol. The van der Waals surface area contributed by atoms with Crippen LogP contribution in [0.1, 0.15) is 41.6 Å². The van der Waals surface area contributed by atoms with Crippen molar-refractivity contribution in [3.05, 3.63) is 40.2 Å². The number of carbonyl (C=O) groups excluding carboxylic acids is 1. The lowest BCUT2D eigenvalue weighted by Crippen LogP contribution is -2.10. The van der Waals surface area contributed by atoms with Gasteiger partial charge in [0, 0.05) is 21.9 Å². The summed E-state index contributed by atoms with van der Waals surface area (Å²) in [7, 11) is 0. The average molecular weight is 331 g/mol. The minimum absolute atomic E-state index is 0.117. The van der Waals surface area contributed by atoms with E-state index < -0.39 is 0 Å². The van der Waals surface area contributed by atoms with Gasteiger partial charge in [0.05, 0.1) is 5.56 Å². The van der Waals surface area contributed by atoms with Gasteiger partial charge in [-0.15, -0.1) is 21.5 Å². The van der Waals surface area contributed by atoms with Crippen LogP contribution in [-0.4, -0.2) is 16.1 Å². The van der Waals surface area contributed by atoms with Crippen molar-refractivity contribution in [1.29, 1.82) is 0 Å². The molecule has 6 heteroatoms. The quantitative estimate of drug-likeness (QED) is 0.664. The van der Waals surface area contributed by atoms with Gasteiger partial charge in [0.1, 0.15) is 5.01 Å². The minimum Gasteiger partial charge on any atom is -0.296 e. The Hall–Kier alpha value is -1.79. The van der Waals surface area contributed by atoms with E-state index in [4.69, 9.17) is 0 Å². The van der Waals surface area contributed by atoms with Crippen molar-refractivity contribution in [3.8, 4) is 0 Å². The number of hydrogen-bond donors (Lipinski definition) is 1. The highest BCUT2D eigenvalue weighted by Gasteiger charge is 2.14. The van der Waals surface area contributed by atoms with E-state index in [1.807, 2.05) is 29.6 Å². The molecule has 0 unspecified atom stereocenters. The molecular weight excluding hydrogens is 314 g/mol. The van der Waals surface area contributed by atoms with Crippen molar-refractivity contribution in [2.45, 2.75) is 32.6 Å². The molecule has 0 fully saturated rings. The van der Waals surface area contributed by atoms with Crippen LogP contribution in [0.5, 0.6) is 0 Å². The lowest BCUT2D eigenvalue weighted by Gasteiger charge is -1.99. The molecule has 114 valence electrons. The Bertz CT molecular complexity index is 778. The average Bonchev–Trinajstić information content (AvgIpc) is 3.14. The molecule has 0 aliphatic rings. The van der Waals surface area contributed by atoms with Crippen molar-refractivity contribution in [2.24, 2.45) is 0 Å². The van der Waals surface area contributed by atoms with E-state index in [1.165, 1.54) is 24.2 Å². The fourth-order valence-electron chi connectivity index (χ4n) is 2.25. The van der Waals surface area contributed by atoms with Gasteiger partial charge >= 0.3 is 0 Å². The first kappa shape index (κ1) is 15.1. The highest BCUT2D eigenvalue weighted by molar-refractivity contribution is 7.17. The Balaban J connectivity index is 1.69. The maximum Gasteiger partial charge on any atom is 0.258 e. The summed E-state index contributed by atoms with van der Waals surface area (Å²) in [5.41, 5.74) is 0.698. The van der Waals surface area contributed by atoms with Crippen LogP contribution >= 0.6 is 22.7 Å². The standard InChI is InChI=1S/C16H17N3OS2/c1-2-3-4-9-14-18-19-16(22-14)17-15(20)12-10-21-13-8-6-5-7-11(12)13/h5-8,10H,2-4,9H2,1H3,(H,17,19,20). The number of fused-ring (bicyclic) bond motifs is 1. The SMILES string of the molecule is CCCCCc1nnc(NC(=O)c2csc3ccccc23)s1. The van der Waals surface area contributed by atoms with Gasteiger partial charge in [-0.25, -0.2) is 0 Å². The topological polar surface area (TPSA) is 54.9 Å². The van der Waals surface area contributed by atoms with Crippen LogP contribution in [0.2, 0.25) is 0 Å². The zero-order chi connectivity index (χ0) is 15.4. The Labute approximate surface area is 137 Å². The summed E-state index contributed by atoms with van der Waals surface area (Å²) in [5, 5.41) is 15.5. The summed E-state index contributed by atoms with van der Waals surface area (Å²) in [4.78, 5) is 12.4. The second-order valence-electron chi connectivity index (χ2n) is 5.06. The van der Waals surface area contributed by atoms with Crippen molar-refractivity contribution in [1.82, 2.24) is 10.2 Å². The van der Waals surface area contributed by atoms with Crippen LogP contribution in [0.15, 0.2) is 29.6 Å². The number of aryl methyl sites for hydroxylation is 1. The molecule has 0 bridgehead atoms. The Morgan fingerprint density at radius 2 is 2.09 bits per heavy atom. The third-order valence-electron chi connectivity index (χ3n) is 3.41. The lowest BCUT2D eigenvalue weighted by atomic mass is 10.2. The van der Waals surface area contributed by atoms with Gasteiger partial charge in [0.15, 0.2) is 0 Å². The van der Waals surface area contributed by atoms with Crippen LogP contribution < -0.4 is 5.32 Å². The van der Waals surface area contributed by atoms with Crippen molar-refractivity contribution < 1.29 is 4.79 Å². The van der Waals surface area contributed by atoms with Crippen LogP contribution in [-0.2, 0) is 6.42 Å². The Morgan fingerprint density at radius 1 is 1.23 bits per heavy atom. The van der Waals surface area contributed by atoms with Crippen molar-refractivity contribution in [2.75, 3.05) is 5.32 Å². The van der Waals surface area contributed by atoms with E-state index in [2.05, 4.69) is 22.4 Å². The van der Waals surface area contributed by atoms with Gasteiger partial charge in [-0.1, -0.05) is 49.3 Å². The van der Waals surface area contributed by atoms with Crippen molar-refractivity contribution in [3.63, 3.8) is 0 Å². The fraction of sp³-hybridized carbons (Fsp3) is 0.312. The first-order valence-electron chi connectivity index (χ1n) is 7.38. The molecule has 0 aliphatic heterocycles. The number of unbranched alkanes of at least 4 members (excludes halogenated alkanes) is 2. The van der Waals surface area contributed by atoms with E-state index in [0.717, 1.165) is 27.9 Å². The number of carbonyl (C=O) groups is 1. The second-order valence-corrected chi connectivity index (χ2v) is 7.03. The van der Waals surface area contributed by atoms with E-state index >= 15 is 0 Å². The number of nitrogens with one attached hydrogen (secondary N) is 1. The molecule has 0 saturated carbocycles. The van der Waals surface area contributed by atoms with Crippen molar-refractivity contribution >= 4 is 43.8 Å². The molecule has 3 rings (SSSR count). The predicted octanol–water partition coefficient (Wildman–Crippen LogP) is 4.74. The first-order chi connectivity index (χ1) is 10.8. The first-order valence-corrected chi connectivity index (χ1v) is 9.07. The van der Waals surface area contributed by atoms with Gasteiger partial charge in [0.25, 0.3) is 5.91 Å². The fourth-order valence-corrected chi connectivity index (χ4v) is 3.97. The smallest absolute Gasteiger partial charge is 0.258 e. The number of anilines is 1. The number of thiophene rings is 1. The maximum absolute atomic E-state index is 12.4. The second kappa shape index (κ2) is 6.98. The van der Waals surface area contributed by atoms with E-state index in [9.17, 15) is 4.79 Å². The van der Waals surface area contributed by atoms with E-state index in [0.29, 0.717) is 10.7 Å². The Kier molecular flexibility index (Phi) is 4.80. The molecule has 1 aromatic carbocycles. The molecule has 3 aromatic rings. The van der Waals surface area contributed by atoms with E-state index in [-0.39, 0.29) is 5.91 Å². The molecule has 0 aliphatic carbocycles. The molecule has 0 radical (unpaired) electrons. The highest BCUT2D eigenvalue weighted by atomic mass is 32.1. The molecule has 2 aromatic heterocycles. The Morgan fingerprint density at radius 3 is 2.95 bits per heavy atom. The number of rotatable bonds is 6. The van der Waals surface area contributed by atoms with Gasteiger partial charge in [0.2, 0.25) is 5.13 Å². The van der Waals surface area contributed by atoms with Gasteiger partial charge in [-0.2, -0.15) is 0 Å². The summed E-state index contributed by atoms with van der Waals surface area (Å²) in [5.74, 6) is -0.117. The molecule has 1 N–H and O–H groups in total. The highest BCUT2D eigenvalue weighted by Crippen LogP contribution is 2.27. The number of hydrogen-bond acceptors (Lipinski definition) is 5. The molecule has 0 spiro atoms. The number of benzene rings is 1. The normalized spacial score (nSPS) is 11.0. The summed E-state index contributed by atoms with van der Waals surface area (Å²) < 4.78 is 1.12.